The van der Waals surface area contributed by atoms with E-state index in [2.05, 4.69) is 0 Å². The maximum absolute atomic E-state index is 12.6. The molecule has 1 fully saturated rings. The Morgan fingerprint density at radius 2 is 1.52 bits per heavy atom. The lowest BCUT2D eigenvalue weighted by atomic mass is 10.1. The predicted octanol–water partition coefficient (Wildman–Crippen LogP) is 4.03. The van der Waals surface area contributed by atoms with E-state index in [1.807, 2.05) is 0 Å². The van der Waals surface area contributed by atoms with E-state index in [4.69, 9.17) is 9.47 Å². The minimum absolute atomic E-state index is 0.0958. The molecule has 1 aliphatic rings. The van der Waals surface area contributed by atoms with Crippen molar-refractivity contribution in [2.45, 2.75) is 31.5 Å². The molecule has 1 aliphatic heterocycles. The van der Waals surface area contributed by atoms with Crippen molar-refractivity contribution in [1.29, 1.82) is 0 Å². The second-order valence-electron chi connectivity index (χ2n) is 4.71. The largest absolute Gasteiger partial charge is 0.416 e. The topological polar surface area (TPSA) is 18.5 Å². The fourth-order valence-corrected chi connectivity index (χ4v) is 1.83. The maximum atomic E-state index is 12.6. The first-order valence-electron chi connectivity index (χ1n) is 6.14. The molecule has 2 rings (SSSR count). The molecule has 0 aliphatic carbocycles. The van der Waals surface area contributed by atoms with Gasteiger partial charge in [-0.05, 0) is 30.2 Å². The van der Waals surface area contributed by atoms with E-state index in [0.29, 0.717) is 18.7 Å². The van der Waals surface area contributed by atoms with Crippen molar-refractivity contribution in [1.82, 2.24) is 0 Å². The first-order chi connectivity index (χ1) is 9.66. The summed E-state index contributed by atoms with van der Waals surface area (Å²) in [6.45, 7) is 0.417. The maximum Gasteiger partial charge on any atom is 0.416 e. The first kappa shape index (κ1) is 16.1. The molecule has 1 atom stereocenters. The van der Waals surface area contributed by atoms with Crippen molar-refractivity contribution in [2.24, 2.45) is 0 Å². The Kier molecular flexibility index (Phi) is 4.48. The molecule has 0 amide bonds. The van der Waals surface area contributed by atoms with Crippen LogP contribution in [0.25, 0.3) is 0 Å². The van der Waals surface area contributed by atoms with Crippen LogP contribution in [0.2, 0.25) is 0 Å². The van der Waals surface area contributed by atoms with Crippen molar-refractivity contribution >= 4 is 0 Å². The summed E-state index contributed by atoms with van der Waals surface area (Å²) in [5, 5.41) is 0. The zero-order valence-corrected chi connectivity index (χ0v) is 10.7. The molecule has 0 N–H and O–H groups in total. The smallest absolute Gasteiger partial charge is 0.376 e. The lowest BCUT2D eigenvalue weighted by Crippen LogP contribution is -2.31. The van der Waals surface area contributed by atoms with Crippen molar-refractivity contribution in [3.8, 4) is 0 Å². The highest BCUT2D eigenvalue weighted by molar-refractivity contribution is 5.33. The van der Waals surface area contributed by atoms with E-state index in [0.717, 1.165) is 6.42 Å². The summed E-state index contributed by atoms with van der Waals surface area (Å²) >= 11 is 0. The van der Waals surface area contributed by atoms with Crippen molar-refractivity contribution in [3.05, 3.63) is 34.9 Å². The molecular weight excluding hydrogens is 302 g/mol. The average Bonchev–Trinajstić information content (AvgIpc) is 2.30. The number of ether oxygens (including phenoxy) is 2. The summed E-state index contributed by atoms with van der Waals surface area (Å²) in [5.41, 5.74) is -2.84. The third-order valence-corrected chi connectivity index (χ3v) is 3.01. The molecule has 21 heavy (non-hydrogen) atoms. The van der Waals surface area contributed by atoms with Gasteiger partial charge in [0, 0.05) is 6.61 Å². The van der Waals surface area contributed by atoms with E-state index in [1.54, 1.807) is 0 Å². The lowest BCUT2D eigenvalue weighted by Gasteiger charge is -2.26. The number of halogens is 6. The van der Waals surface area contributed by atoms with E-state index in [9.17, 15) is 26.3 Å². The fourth-order valence-electron chi connectivity index (χ4n) is 1.83. The molecule has 0 spiro atoms. The highest BCUT2D eigenvalue weighted by Crippen LogP contribution is 2.36. The van der Waals surface area contributed by atoms with Gasteiger partial charge in [0.05, 0.1) is 30.4 Å². The van der Waals surface area contributed by atoms with Gasteiger partial charge >= 0.3 is 12.4 Å². The number of alkyl halides is 6. The second kappa shape index (κ2) is 5.84. The quantitative estimate of drug-likeness (QED) is 0.781. The normalized spacial score (nSPS) is 19.4. The SMILES string of the molecule is FC(F)(F)c1cc(COCC2CCO2)cc(C(F)(F)F)c1. The summed E-state index contributed by atoms with van der Waals surface area (Å²) in [6, 6.07) is 1.42. The van der Waals surface area contributed by atoms with Crippen LogP contribution in [0, 0.1) is 0 Å². The number of benzene rings is 1. The Labute approximate surface area is 116 Å². The van der Waals surface area contributed by atoms with Crippen LogP contribution in [0.3, 0.4) is 0 Å². The average molecular weight is 314 g/mol. The predicted molar refractivity (Wildman–Crippen MR) is 60.5 cm³/mol. The van der Waals surface area contributed by atoms with Gasteiger partial charge in [-0.1, -0.05) is 0 Å². The van der Waals surface area contributed by atoms with E-state index in [-0.39, 0.29) is 30.9 Å². The van der Waals surface area contributed by atoms with Gasteiger partial charge in [0.2, 0.25) is 0 Å². The fraction of sp³-hybridized carbons (Fsp3) is 0.538. The van der Waals surface area contributed by atoms with Crippen LogP contribution in [-0.4, -0.2) is 19.3 Å². The van der Waals surface area contributed by atoms with Crippen LogP contribution in [0.1, 0.15) is 23.1 Å². The Morgan fingerprint density at radius 3 is 1.90 bits per heavy atom. The second-order valence-corrected chi connectivity index (χ2v) is 4.71. The van der Waals surface area contributed by atoms with Crippen LogP contribution in [0.5, 0.6) is 0 Å². The van der Waals surface area contributed by atoms with Gasteiger partial charge in [-0.15, -0.1) is 0 Å². The van der Waals surface area contributed by atoms with Gasteiger partial charge in [-0.25, -0.2) is 0 Å². The lowest BCUT2D eigenvalue weighted by molar-refractivity contribution is -0.143. The highest BCUT2D eigenvalue weighted by Gasteiger charge is 2.36. The Morgan fingerprint density at radius 1 is 1.00 bits per heavy atom. The summed E-state index contributed by atoms with van der Waals surface area (Å²) < 4.78 is 85.9. The third-order valence-electron chi connectivity index (χ3n) is 3.01. The summed E-state index contributed by atoms with van der Waals surface area (Å²) in [7, 11) is 0. The van der Waals surface area contributed by atoms with Crippen LogP contribution in [0.15, 0.2) is 18.2 Å². The molecule has 2 nitrogen and oxygen atoms in total. The van der Waals surface area contributed by atoms with Crippen LogP contribution in [0.4, 0.5) is 26.3 Å². The molecule has 8 heteroatoms. The van der Waals surface area contributed by atoms with E-state index < -0.39 is 23.5 Å². The zero-order chi connectivity index (χ0) is 15.7. The zero-order valence-electron chi connectivity index (χ0n) is 10.7. The van der Waals surface area contributed by atoms with Crippen LogP contribution < -0.4 is 0 Å². The molecule has 118 valence electrons. The molecule has 1 aromatic rings. The van der Waals surface area contributed by atoms with Gasteiger partial charge < -0.3 is 9.47 Å². The van der Waals surface area contributed by atoms with Gasteiger partial charge in [0.25, 0.3) is 0 Å². The summed E-state index contributed by atoms with van der Waals surface area (Å²) in [5.74, 6) is 0. The van der Waals surface area contributed by atoms with Gasteiger partial charge in [-0.2, -0.15) is 26.3 Å². The Balaban J connectivity index is 2.14. The number of hydrogen-bond acceptors (Lipinski definition) is 2. The first-order valence-corrected chi connectivity index (χ1v) is 6.14. The molecule has 0 bridgehead atoms. The van der Waals surface area contributed by atoms with Gasteiger partial charge in [-0.3, -0.25) is 0 Å². The molecule has 1 heterocycles. The molecule has 1 aromatic carbocycles. The molecular formula is C13H12F6O2. The van der Waals surface area contributed by atoms with Gasteiger partial charge in [0.15, 0.2) is 0 Å². The molecule has 0 saturated carbocycles. The third kappa shape index (κ3) is 4.34. The number of rotatable bonds is 4. The molecule has 1 saturated heterocycles. The van der Waals surface area contributed by atoms with E-state index >= 15 is 0 Å². The van der Waals surface area contributed by atoms with Crippen molar-refractivity contribution in [3.63, 3.8) is 0 Å². The van der Waals surface area contributed by atoms with E-state index in [1.165, 1.54) is 0 Å². The van der Waals surface area contributed by atoms with Crippen LogP contribution in [-0.2, 0) is 28.4 Å². The van der Waals surface area contributed by atoms with Crippen molar-refractivity contribution < 1.29 is 35.8 Å². The van der Waals surface area contributed by atoms with Gasteiger partial charge in [0.1, 0.15) is 0 Å². The molecule has 0 aromatic heterocycles. The highest BCUT2D eigenvalue weighted by atomic mass is 19.4. The molecule has 1 unspecified atom stereocenters. The standard InChI is InChI=1S/C13H12F6O2/c14-12(15,16)9-3-8(4-10(5-9)13(17,18)19)6-20-7-11-1-2-21-11/h3-5,11H,1-2,6-7H2. The minimum atomic E-state index is -4.84. The Bertz CT molecular complexity index is 458. The molecule has 0 radical (unpaired) electrons. The monoisotopic (exact) mass is 314 g/mol. The summed E-state index contributed by atoms with van der Waals surface area (Å²) in [4.78, 5) is 0. The summed E-state index contributed by atoms with van der Waals surface area (Å²) in [6.07, 6.45) is -9.03. The van der Waals surface area contributed by atoms with Crippen molar-refractivity contribution in [2.75, 3.05) is 13.2 Å². The Hall–Kier alpha value is -1.28. The van der Waals surface area contributed by atoms with Crippen LogP contribution >= 0.6 is 0 Å². The number of hydrogen-bond donors (Lipinski definition) is 0. The minimum Gasteiger partial charge on any atom is -0.376 e.